The van der Waals surface area contributed by atoms with E-state index in [1.807, 2.05) is 0 Å². The molecule has 3 aliphatic rings. The number of nitrogen functional groups attached to an aromatic ring is 1. The number of hydrogen-bond acceptors (Lipinski definition) is 18. The third-order valence-corrected chi connectivity index (χ3v) is 10.1. The maximum absolute atomic E-state index is 13.3. The van der Waals surface area contributed by atoms with Crippen LogP contribution in [-0.4, -0.2) is 118 Å². The van der Waals surface area contributed by atoms with Crippen molar-refractivity contribution in [2.75, 3.05) is 18.9 Å². The van der Waals surface area contributed by atoms with Gasteiger partial charge in [-0.3, -0.25) is 32.0 Å². The number of aromatic amines is 1. The number of phosphoric ester groups is 2. The molecule has 3 aliphatic heterocycles. The molecule has 8 heterocycles. The van der Waals surface area contributed by atoms with Crippen molar-refractivity contribution >= 4 is 49.6 Å². The summed E-state index contributed by atoms with van der Waals surface area (Å²) in [7, 11) is -10.2. The van der Waals surface area contributed by atoms with E-state index in [9.17, 15) is 33.9 Å². The molecule has 7 N–H and O–H groups in total. The van der Waals surface area contributed by atoms with E-state index in [0.717, 1.165) is 12.7 Å². The zero-order valence-electron chi connectivity index (χ0n) is 24.2. The molecule has 24 nitrogen and oxygen atoms in total. The molecule has 26 heteroatoms. The maximum Gasteiger partial charge on any atom is 0.472 e. The highest BCUT2D eigenvalue weighted by Crippen LogP contribution is 2.53. The Bertz CT molecular complexity index is 2220. The topological polar surface area (TPSA) is 321 Å². The third kappa shape index (κ3) is 5.05. The van der Waals surface area contributed by atoms with Gasteiger partial charge >= 0.3 is 15.6 Å². The second-order valence-electron chi connectivity index (χ2n) is 11.0. The van der Waals surface area contributed by atoms with E-state index in [0.29, 0.717) is 5.82 Å². The molecule has 2 bridgehead atoms. The molecule has 2 unspecified atom stereocenters. The number of rotatable bonds is 2. The summed E-state index contributed by atoms with van der Waals surface area (Å²) in [6, 6.07) is 0. The number of phosphoric acid groups is 2. The average Bonchev–Trinajstić information content (AvgIpc) is 3.85. The molecule has 0 aromatic carbocycles. The number of aliphatic hydroxyl groups excluding tert-OH is 2. The number of nitrogens with two attached hydrogens (primary N) is 1. The predicted octanol–water partition coefficient (Wildman–Crippen LogP) is -1.97. The molecule has 0 aliphatic carbocycles. The van der Waals surface area contributed by atoms with Crippen molar-refractivity contribution in [1.82, 2.24) is 48.7 Å². The standard InChI is InChI=1S/C22H25N11O13P2/c1-7-29-30-22-28-18-11(19(36)33(7)22)27-6-32(18)20-13(35)14-9(44-20)3-42-48(39,40)46-15-12(34)8(2-41-47(37,38)45-14)43-21(15)31-5-26-10-16(23)24-4-25-17(10)31/h4-6,8-9,12-15,20-21,34-35H,2-3H2,1H3,(H,28,30)(H,37,38)(H,39,40)(H2,23,24,25)/t8-,9-,12-,13-,14-,15-,20-,21-/m1/s1. The molecule has 3 fully saturated rings. The molecule has 256 valence electrons. The van der Waals surface area contributed by atoms with Crippen LogP contribution in [-0.2, 0) is 36.7 Å². The van der Waals surface area contributed by atoms with Gasteiger partial charge in [0.15, 0.2) is 35.1 Å². The lowest BCUT2D eigenvalue weighted by atomic mass is 10.1. The number of nitrogens with zero attached hydrogens (tertiary/aromatic N) is 9. The Morgan fingerprint density at radius 1 is 0.875 bits per heavy atom. The molecule has 0 amide bonds. The van der Waals surface area contributed by atoms with Gasteiger partial charge in [0.25, 0.3) is 5.56 Å². The molecular formula is C22H25N11O13P2. The van der Waals surface area contributed by atoms with Crippen LogP contribution in [0, 0.1) is 6.92 Å². The second kappa shape index (κ2) is 11.1. The fourth-order valence-electron chi connectivity index (χ4n) is 5.88. The number of nitrogens with one attached hydrogen (secondary N) is 1. The monoisotopic (exact) mass is 713 g/mol. The van der Waals surface area contributed by atoms with Crippen LogP contribution in [0.25, 0.3) is 28.1 Å². The number of aromatic nitrogens is 10. The molecule has 8 rings (SSSR count). The first-order valence-corrected chi connectivity index (χ1v) is 17.0. The van der Waals surface area contributed by atoms with E-state index < -0.39 is 83.5 Å². The summed E-state index contributed by atoms with van der Waals surface area (Å²) in [6.45, 7) is -0.0653. The molecule has 3 saturated heterocycles. The minimum Gasteiger partial charge on any atom is -0.387 e. The zero-order valence-corrected chi connectivity index (χ0v) is 26.0. The Kier molecular flexibility index (Phi) is 7.30. The lowest BCUT2D eigenvalue weighted by Crippen LogP contribution is -2.36. The van der Waals surface area contributed by atoms with Gasteiger partial charge in [0.2, 0.25) is 5.78 Å². The van der Waals surface area contributed by atoms with Crippen LogP contribution in [0.4, 0.5) is 5.82 Å². The van der Waals surface area contributed by atoms with Crippen LogP contribution < -0.4 is 11.3 Å². The summed E-state index contributed by atoms with van der Waals surface area (Å²) in [4.78, 5) is 55.0. The molecule has 5 aromatic rings. The molecule has 5 aromatic heterocycles. The minimum atomic E-state index is -5.10. The van der Waals surface area contributed by atoms with Crippen LogP contribution in [0.5, 0.6) is 0 Å². The number of anilines is 1. The smallest absolute Gasteiger partial charge is 0.387 e. The number of aryl methyl sites for hydroxylation is 1. The number of aliphatic hydroxyl groups is 2. The van der Waals surface area contributed by atoms with Gasteiger partial charge in [-0.1, -0.05) is 0 Å². The molecule has 10 atom stereocenters. The number of ether oxygens (including phenoxy) is 2. The van der Waals surface area contributed by atoms with Crippen LogP contribution in [0.3, 0.4) is 0 Å². The summed E-state index contributed by atoms with van der Waals surface area (Å²) >= 11 is 0. The normalized spacial score (nSPS) is 36.3. The first-order chi connectivity index (χ1) is 22.8. The van der Waals surface area contributed by atoms with Gasteiger partial charge in [-0.15, -0.1) is 0 Å². The molecule has 48 heavy (non-hydrogen) atoms. The first kappa shape index (κ1) is 31.5. The lowest BCUT2D eigenvalue weighted by molar-refractivity contribution is -0.0672. The van der Waals surface area contributed by atoms with Crippen molar-refractivity contribution in [3.05, 3.63) is 35.2 Å². The Morgan fingerprint density at radius 3 is 2.27 bits per heavy atom. The van der Waals surface area contributed by atoms with Gasteiger partial charge in [0.1, 0.15) is 54.3 Å². The van der Waals surface area contributed by atoms with E-state index in [-0.39, 0.29) is 33.9 Å². The molecular weight excluding hydrogens is 688 g/mol. The minimum absolute atomic E-state index is 0.0226. The summed E-state index contributed by atoms with van der Waals surface area (Å²) in [5.74, 6) is 0.401. The van der Waals surface area contributed by atoms with Gasteiger partial charge in [0, 0.05) is 0 Å². The van der Waals surface area contributed by atoms with Gasteiger partial charge < -0.3 is 35.2 Å². The van der Waals surface area contributed by atoms with E-state index in [1.54, 1.807) is 6.92 Å². The summed E-state index contributed by atoms with van der Waals surface area (Å²) < 4.78 is 62.8. The van der Waals surface area contributed by atoms with Gasteiger partial charge in [0.05, 0.1) is 25.9 Å². The highest BCUT2D eigenvalue weighted by Gasteiger charge is 2.54. The van der Waals surface area contributed by atoms with Crippen LogP contribution in [0.15, 0.2) is 23.8 Å². The van der Waals surface area contributed by atoms with Crippen LogP contribution in [0.2, 0.25) is 0 Å². The SMILES string of the molecule is Cc1n[nH]c2nc3c(ncn3[C@@H]3O[C@@H]4COP(=O)(O)O[C@@H]5[C@H](O)[C@@H](COP(=O)(O)O[C@H]4[C@H]3O)O[C@H]5n3cnc4c(N)ncnc43)c(=O)n12. The van der Waals surface area contributed by atoms with Gasteiger partial charge in [-0.2, -0.15) is 10.1 Å². The van der Waals surface area contributed by atoms with Gasteiger partial charge in [-0.05, 0) is 6.92 Å². The quantitative estimate of drug-likeness (QED) is 0.108. The largest absolute Gasteiger partial charge is 0.472 e. The highest BCUT2D eigenvalue weighted by atomic mass is 31.2. The van der Waals surface area contributed by atoms with E-state index in [2.05, 4.69) is 35.1 Å². The summed E-state index contributed by atoms with van der Waals surface area (Å²) in [6.07, 6.45) is -9.15. The molecule has 0 radical (unpaired) electrons. The second-order valence-corrected chi connectivity index (χ2v) is 13.8. The first-order valence-electron chi connectivity index (χ1n) is 14.0. The summed E-state index contributed by atoms with van der Waals surface area (Å²) in [5.41, 5.74) is 5.42. The maximum atomic E-state index is 13.3. The van der Waals surface area contributed by atoms with Crippen molar-refractivity contribution in [1.29, 1.82) is 0 Å². The Labute approximate surface area is 265 Å². The Balaban J connectivity index is 1.12. The van der Waals surface area contributed by atoms with E-state index in [1.165, 1.54) is 19.9 Å². The zero-order chi connectivity index (χ0) is 33.7. The van der Waals surface area contributed by atoms with E-state index in [4.69, 9.17) is 33.3 Å². The van der Waals surface area contributed by atoms with Crippen molar-refractivity contribution in [2.45, 2.75) is 56.0 Å². The number of fused-ring (bicyclic) bond motifs is 6. The fourth-order valence-corrected chi connectivity index (χ4v) is 7.77. The number of imidazole rings is 2. The third-order valence-electron chi connectivity index (χ3n) is 8.11. The molecule has 0 saturated carbocycles. The van der Waals surface area contributed by atoms with Crippen LogP contribution in [0.1, 0.15) is 18.3 Å². The van der Waals surface area contributed by atoms with Crippen molar-refractivity contribution in [3.8, 4) is 0 Å². The van der Waals surface area contributed by atoms with Crippen molar-refractivity contribution in [2.24, 2.45) is 0 Å². The Morgan fingerprint density at radius 2 is 1.52 bits per heavy atom. The summed E-state index contributed by atoms with van der Waals surface area (Å²) in [5, 5.41) is 28.9. The van der Waals surface area contributed by atoms with E-state index >= 15 is 0 Å². The van der Waals surface area contributed by atoms with Crippen molar-refractivity contribution in [3.63, 3.8) is 0 Å². The predicted molar refractivity (Wildman–Crippen MR) is 153 cm³/mol. The van der Waals surface area contributed by atoms with Crippen LogP contribution >= 0.6 is 15.6 Å². The molecule has 0 spiro atoms. The Hall–Kier alpha value is -3.77. The number of hydrogen-bond donors (Lipinski definition) is 6. The van der Waals surface area contributed by atoms with Crippen molar-refractivity contribution < 1.29 is 56.7 Å². The van der Waals surface area contributed by atoms with Gasteiger partial charge in [-0.25, -0.2) is 38.6 Å². The lowest BCUT2D eigenvalue weighted by Gasteiger charge is -2.25. The highest BCUT2D eigenvalue weighted by molar-refractivity contribution is 7.47. The average molecular weight is 713 g/mol. The fraction of sp³-hybridized carbons (Fsp3) is 0.500. The number of H-pyrrole nitrogens is 1.